The predicted octanol–water partition coefficient (Wildman–Crippen LogP) is 3.54. The van der Waals surface area contributed by atoms with Crippen LogP contribution in [0.4, 0.5) is 0 Å². The van der Waals surface area contributed by atoms with E-state index in [0.717, 1.165) is 0 Å². The molecule has 0 aromatic carbocycles. The lowest BCUT2D eigenvalue weighted by Crippen LogP contribution is -2.39. The van der Waals surface area contributed by atoms with Gasteiger partial charge in [0.2, 0.25) is 0 Å². The molecule has 0 saturated carbocycles. The van der Waals surface area contributed by atoms with Gasteiger partial charge in [0.05, 0.1) is 165 Å². The van der Waals surface area contributed by atoms with Crippen LogP contribution in [-0.4, -0.2) is 248 Å². The van der Waals surface area contributed by atoms with Crippen LogP contribution in [0.5, 0.6) is 0 Å². The zero-order chi connectivity index (χ0) is 48.9. The molecule has 21 nitrogen and oxygen atoms in total. The topological polar surface area (TPSA) is 194 Å². The lowest BCUT2D eigenvalue weighted by atomic mass is 10.3. The van der Waals surface area contributed by atoms with E-state index in [1.54, 1.807) is 0 Å². The first-order valence-electron chi connectivity index (χ1n) is 24.5. The van der Waals surface area contributed by atoms with E-state index in [9.17, 15) is 0 Å². The van der Waals surface area contributed by atoms with Crippen molar-refractivity contribution in [2.24, 2.45) is 0 Å². The van der Waals surface area contributed by atoms with E-state index >= 15 is 0 Å². The molecule has 0 heterocycles. The van der Waals surface area contributed by atoms with Gasteiger partial charge >= 0.3 is 0 Å². The van der Waals surface area contributed by atoms with E-state index in [1.807, 2.05) is 55.4 Å². The lowest BCUT2D eigenvalue weighted by molar-refractivity contribution is -0.334. The summed E-state index contributed by atoms with van der Waals surface area (Å²) >= 11 is 0. The van der Waals surface area contributed by atoms with Crippen molar-refractivity contribution in [3.63, 3.8) is 0 Å². The maximum absolute atomic E-state index is 6.72. The minimum absolute atomic E-state index is 0.112. The molecular formula is C46H94O21. The minimum Gasteiger partial charge on any atom is -0.379 e. The summed E-state index contributed by atoms with van der Waals surface area (Å²) in [6, 6.07) is 0. The second-order valence-corrected chi connectivity index (χ2v) is 14.2. The van der Waals surface area contributed by atoms with Crippen molar-refractivity contribution in [3.8, 4) is 0 Å². The van der Waals surface area contributed by atoms with Gasteiger partial charge in [0.1, 0.15) is 43.2 Å². The van der Waals surface area contributed by atoms with Crippen LogP contribution in [0.1, 0.15) is 55.4 Å². The zero-order valence-electron chi connectivity index (χ0n) is 42.7. The van der Waals surface area contributed by atoms with Gasteiger partial charge in [-0.3, -0.25) is 0 Å². The molecule has 0 aromatic heterocycles. The highest BCUT2D eigenvalue weighted by molar-refractivity contribution is 4.68. The third-order valence-corrected chi connectivity index (χ3v) is 8.59. The molecule has 0 N–H and O–H groups in total. The Bertz CT molecular complexity index is 897. The lowest BCUT2D eigenvalue weighted by Gasteiger charge is -2.28. The van der Waals surface area contributed by atoms with E-state index in [2.05, 4.69) is 0 Å². The first-order chi connectivity index (χ1) is 33.0. The highest BCUT2D eigenvalue weighted by Gasteiger charge is 2.23. The number of hydrogen-bond donors (Lipinski definition) is 0. The van der Waals surface area contributed by atoms with Crippen molar-refractivity contribution in [2.75, 3.05) is 211 Å². The van der Waals surface area contributed by atoms with E-state index in [1.165, 1.54) is 0 Å². The Kier molecular flexibility index (Phi) is 53.8. The molecule has 0 bridgehead atoms. The van der Waals surface area contributed by atoms with E-state index < -0.39 is 24.4 Å². The number of hydrogen-bond acceptors (Lipinski definition) is 21. The first kappa shape index (κ1) is 66.2. The number of ether oxygens (including phenoxy) is 17. The summed E-state index contributed by atoms with van der Waals surface area (Å²) in [6.45, 7) is 27.0. The molecule has 0 aliphatic carbocycles. The van der Waals surface area contributed by atoms with Crippen molar-refractivity contribution in [1.29, 1.82) is 0 Å². The van der Waals surface area contributed by atoms with Crippen molar-refractivity contribution >= 4 is 0 Å². The normalized spacial score (nSPS) is 14.7. The zero-order valence-corrected chi connectivity index (χ0v) is 42.7. The monoisotopic (exact) mass is 983 g/mol. The Morgan fingerprint density at radius 3 is 0.821 bits per heavy atom. The maximum Gasteiger partial charge on any atom is 0.139 e. The molecule has 0 spiro atoms. The predicted molar refractivity (Wildman–Crippen MR) is 247 cm³/mol. The second kappa shape index (κ2) is 54.5. The molecule has 67 heavy (non-hydrogen) atoms. The highest BCUT2D eigenvalue weighted by Crippen LogP contribution is 2.09. The fourth-order valence-electron chi connectivity index (χ4n) is 5.44. The molecule has 0 rings (SSSR count). The van der Waals surface area contributed by atoms with Gasteiger partial charge in [-0.25, -0.2) is 19.6 Å². The van der Waals surface area contributed by atoms with Gasteiger partial charge < -0.3 is 80.5 Å². The highest BCUT2D eigenvalue weighted by atomic mass is 17.2. The van der Waals surface area contributed by atoms with Crippen LogP contribution < -0.4 is 0 Å². The standard InChI is InChI=1S/C46H94O21/c1-9-47-17-20-53-29-41(60-26-23-50-12-4)31-56-34-44(35-57-32-42(61-27-24-51-13-5)30-54-21-18-48-10-2)66-45(36-58-33-43(40-65-63-15-7)62-28-25-52-14-6)37-59-39-46(67-64-16-8)38-55-22-19-49-11-3/h41-46H,9-40H2,1-8H3. The van der Waals surface area contributed by atoms with Crippen molar-refractivity contribution in [2.45, 2.75) is 92.0 Å². The van der Waals surface area contributed by atoms with Crippen molar-refractivity contribution in [3.05, 3.63) is 0 Å². The van der Waals surface area contributed by atoms with Gasteiger partial charge in [-0.2, -0.15) is 0 Å². The number of rotatable bonds is 58. The van der Waals surface area contributed by atoms with E-state index in [-0.39, 0.29) is 78.3 Å². The van der Waals surface area contributed by atoms with Gasteiger partial charge in [-0.15, -0.1) is 0 Å². The van der Waals surface area contributed by atoms with E-state index in [0.29, 0.717) is 145 Å². The summed E-state index contributed by atoms with van der Waals surface area (Å²) in [5.41, 5.74) is 0. The third-order valence-electron chi connectivity index (χ3n) is 8.59. The molecule has 5 atom stereocenters. The smallest absolute Gasteiger partial charge is 0.139 e. The Balaban J connectivity index is 6.27. The molecule has 0 aliphatic rings. The summed E-state index contributed by atoms with van der Waals surface area (Å²) in [5.74, 6) is 0. The molecule has 0 aliphatic heterocycles. The Hall–Kier alpha value is -0.840. The van der Waals surface area contributed by atoms with Crippen LogP contribution >= 0.6 is 0 Å². The SMILES string of the molecule is CCOCCOCC(COCC(COCC(COCCOCC)OCCOCC)OC(COCC(COOCC)OCCOCC)COCC(COCCOCC)OOCC)OCCOCC. The maximum atomic E-state index is 6.72. The Labute approximate surface area is 402 Å². The molecule has 0 amide bonds. The summed E-state index contributed by atoms with van der Waals surface area (Å²) in [6.07, 6.45) is -2.92. The fourth-order valence-corrected chi connectivity index (χ4v) is 5.44. The molecule has 5 unspecified atom stereocenters. The van der Waals surface area contributed by atoms with Gasteiger partial charge in [0.15, 0.2) is 0 Å². The quantitative estimate of drug-likeness (QED) is 0.0488. The Morgan fingerprint density at radius 2 is 0.478 bits per heavy atom. The van der Waals surface area contributed by atoms with Gasteiger partial charge in [0, 0.05) is 39.6 Å². The van der Waals surface area contributed by atoms with Crippen LogP contribution in [0.3, 0.4) is 0 Å². The molecule has 0 aromatic rings. The van der Waals surface area contributed by atoms with E-state index in [4.69, 9.17) is 100 Å². The molecule has 0 saturated heterocycles. The van der Waals surface area contributed by atoms with Crippen LogP contribution in [0, 0.1) is 0 Å². The van der Waals surface area contributed by atoms with Crippen molar-refractivity contribution in [1.82, 2.24) is 0 Å². The fraction of sp³-hybridized carbons (Fsp3) is 1.00. The molecule has 0 radical (unpaired) electrons. The van der Waals surface area contributed by atoms with Gasteiger partial charge in [0.25, 0.3) is 0 Å². The van der Waals surface area contributed by atoms with Crippen LogP contribution in [0.15, 0.2) is 0 Å². The first-order valence-corrected chi connectivity index (χ1v) is 24.5. The Morgan fingerprint density at radius 1 is 0.209 bits per heavy atom. The van der Waals surface area contributed by atoms with Gasteiger partial charge in [-0.05, 0) is 55.4 Å². The second-order valence-electron chi connectivity index (χ2n) is 14.2. The van der Waals surface area contributed by atoms with Crippen LogP contribution in [0.2, 0.25) is 0 Å². The van der Waals surface area contributed by atoms with Crippen molar-refractivity contribution < 1.29 is 100 Å². The summed E-state index contributed by atoms with van der Waals surface area (Å²) in [7, 11) is 0. The molecule has 21 heteroatoms. The molecular weight excluding hydrogens is 888 g/mol. The minimum atomic E-state index is -0.610. The average molecular weight is 983 g/mol. The van der Waals surface area contributed by atoms with Gasteiger partial charge in [-0.1, -0.05) is 0 Å². The molecule has 404 valence electrons. The third kappa shape index (κ3) is 46.0. The largest absolute Gasteiger partial charge is 0.379 e. The average Bonchev–Trinajstić information content (AvgIpc) is 3.33. The van der Waals surface area contributed by atoms with Crippen LogP contribution in [0.25, 0.3) is 0 Å². The van der Waals surface area contributed by atoms with Crippen LogP contribution in [-0.2, 0) is 100 Å². The summed E-state index contributed by atoms with van der Waals surface area (Å²) < 4.78 is 100. The summed E-state index contributed by atoms with van der Waals surface area (Å²) in [4.78, 5) is 21.3. The summed E-state index contributed by atoms with van der Waals surface area (Å²) in [5, 5.41) is 0. The molecule has 0 fully saturated rings.